The Morgan fingerprint density at radius 1 is 0.767 bits per heavy atom. The van der Waals surface area contributed by atoms with Gasteiger partial charge in [0.1, 0.15) is 6.04 Å². The first-order chi connectivity index (χ1) is 14.6. The summed E-state index contributed by atoms with van der Waals surface area (Å²) in [5.74, 6) is -0.737. The van der Waals surface area contributed by atoms with Crippen molar-refractivity contribution in [2.75, 3.05) is 13.1 Å². The molecule has 178 valence electrons. The normalized spacial score (nSPS) is 12.0. The molecule has 0 aliphatic carbocycles. The molecule has 0 aromatic carbocycles. The average Bonchev–Trinajstić information content (AvgIpc) is 2.71. The fourth-order valence-corrected chi connectivity index (χ4v) is 3.77. The van der Waals surface area contributed by atoms with Gasteiger partial charge < -0.3 is 21.9 Å². The Morgan fingerprint density at radius 2 is 1.20 bits per heavy atom. The first kappa shape index (κ1) is 28.7. The van der Waals surface area contributed by atoms with E-state index in [2.05, 4.69) is 17.2 Å². The third-order valence-corrected chi connectivity index (χ3v) is 5.66. The highest BCUT2D eigenvalue weighted by Crippen LogP contribution is 2.13. The van der Waals surface area contributed by atoms with Crippen LogP contribution in [-0.2, 0) is 4.79 Å². The quantitative estimate of drug-likeness (QED) is 0.0999. The molecular weight excluding hydrogens is 376 g/mol. The Labute approximate surface area is 185 Å². The molecule has 6 N–H and O–H groups in total. The van der Waals surface area contributed by atoms with E-state index in [1.54, 1.807) is 0 Å². The van der Waals surface area contributed by atoms with Gasteiger partial charge in [0, 0.05) is 6.54 Å². The van der Waals surface area contributed by atoms with Crippen LogP contribution in [0.1, 0.15) is 122 Å². The Balaban J connectivity index is 3.36. The first-order valence-corrected chi connectivity index (χ1v) is 12.6. The molecule has 0 aliphatic heterocycles. The number of aliphatic imine (C=N–C) groups is 1. The maximum Gasteiger partial charge on any atom is 0.320 e. The van der Waals surface area contributed by atoms with Crippen molar-refractivity contribution in [2.45, 2.75) is 129 Å². The molecule has 0 heterocycles. The van der Waals surface area contributed by atoms with Crippen LogP contribution in [0.5, 0.6) is 0 Å². The third-order valence-electron chi connectivity index (χ3n) is 5.66. The zero-order valence-corrected chi connectivity index (χ0v) is 19.7. The minimum Gasteiger partial charge on any atom is -0.480 e. The molecule has 6 heteroatoms. The number of hydrogen-bond acceptors (Lipinski definition) is 3. The molecule has 0 rings (SSSR count). The van der Waals surface area contributed by atoms with Crippen LogP contribution in [-0.4, -0.2) is 36.2 Å². The molecule has 0 bridgehead atoms. The number of nitrogens with zero attached hydrogens (tertiary/aromatic N) is 1. The van der Waals surface area contributed by atoms with E-state index in [0.29, 0.717) is 19.4 Å². The number of carboxylic acid groups (broad SMARTS) is 1. The Bertz CT molecular complexity index is 412. The van der Waals surface area contributed by atoms with Gasteiger partial charge in [0.2, 0.25) is 0 Å². The molecular formula is C24H50N4O2. The van der Waals surface area contributed by atoms with Crippen LogP contribution in [0.25, 0.3) is 0 Å². The standard InChI is InChI=1S/C24H50N4O2/c1-2-3-4-5-6-7-8-9-10-11-12-13-14-15-16-17-20-27-22(23(29)30)19-18-21-28-24(25)26/h22,27H,2-21H2,1H3,(H,29,30)(H4,25,26,28)/t22-/m0/s1. The minimum atomic E-state index is -0.795. The summed E-state index contributed by atoms with van der Waals surface area (Å²) < 4.78 is 0. The zero-order chi connectivity index (χ0) is 22.3. The third kappa shape index (κ3) is 21.4. The minimum absolute atomic E-state index is 0.0583. The number of nitrogens with one attached hydrogen (secondary N) is 1. The Morgan fingerprint density at radius 3 is 1.60 bits per heavy atom. The van der Waals surface area contributed by atoms with Gasteiger partial charge in [0.25, 0.3) is 0 Å². The van der Waals surface area contributed by atoms with Crippen molar-refractivity contribution in [3.8, 4) is 0 Å². The molecule has 0 unspecified atom stereocenters. The van der Waals surface area contributed by atoms with Crippen molar-refractivity contribution < 1.29 is 9.90 Å². The fourth-order valence-electron chi connectivity index (χ4n) is 3.77. The number of guanidine groups is 1. The van der Waals surface area contributed by atoms with Gasteiger partial charge >= 0.3 is 5.97 Å². The number of carbonyl (C=O) groups is 1. The van der Waals surface area contributed by atoms with Gasteiger partial charge in [0.15, 0.2) is 5.96 Å². The summed E-state index contributed by atoms with van der Waals surface area (Å²) in [5.41, 5.74) is 10.5. The van der Waals surface area contributed by atoms with Crippen LogP contribution in [0.2, 0.25) is 0 Å². The van der Waals surface area contributed by atoms with E-state index in [-0.39, 0.29) is 5.96 Å². The van der Waals surface area contributed by atoms with Gasteiger partial charge in [-0.25, -0.2) is 0 Å². The predicted molar refractivity (Wildman–Crippen MR) is 129 cm³/mol. The van der Waals surface area contributed by atoms with Crippen molar-refractivity contribution in [2.24, 2.45) is 16.5 Å². The van der Waals surface area contributed by atoms with E-state index in [4.69, 9.17) is 11.5 Å². The van der Waals surface area contributed by atoms with Crippen LogP contribution in [0.15, 0.2) is 4.99 Å². The lowest BCUT2D eigenvalue weighted by atomic mass is 10.0. The second kappa shape index (κ2) is 22.4. The second-order valence-electron chi connectivity index (χ2n) is 8.60. The van der Waals surface area contributed by atoms with Crippen LogP contribution >= 0.6 is 0 Å². The van der Waals surface area contributed by atoms with Crippen molar-refractivity contribution in [1.82, 2.24) is 5.32 Å². The Hall–Kier alpha value is -1.30. The number of nitrogens with two attached hydrogens (primary N) is 2. The lowest BCUT2D eigenvalue weighted by molar-refractivity contribution is -0.139. The predicted octanol–water partition coefficient (Wildman–Crippen LogP) is 5.34. The van der Waals surface area contributed by atoms with E-state index in [1.807, 2.05) is 0 Å². The van der Waals surface area contributed by atoms with Gasteiger partial charge in [0.05, 0.1) is 0 Å². The molecule has 6 nitrogen and oxygen atoms in total. The molecule has 0 radical (unpaired) electrons. The second-order valence-corrected chi connectivity index (χ2v) is 8.60. The van der Waals surface area contributed by atoms with E-state index >= 15 is 0 Å². The molecule has 1 atom stereocenters. The number of hydrogen-bond donors (Lipinski definition) is 4. The van der Waals surface area contributed by atoms with Gasteiger partial charge in [-0.2, -0.15) is 0 Å². The summed E-state index contributed by atoms with van der Waals surface area (Å²) in [6, 6.07) is -0.504. The summed E-state index contributed by atoms with van der Waals surface area (Å²) in [7, 11) is 0. The molecule has 0 aliphatic rings. The molecule has 0 aromatic rings. The maximum atomic E-state index is 11.3. The van der Waals surface area contributed by atoms with Crippen LogP contribution < -0.4 is 16.8 Å². The summed E-state index contributed by atoms with van der Waals surface area (Å²) in [5, 5.41) is 12.4. The molecule has 0 saturated carbocycles. The smallest absolute Gasteiger partial charge is 0.320 e. The highest BCUT2D eigenvalue weighted by atomic mass is 16.4. The number of carboxylic acids is 1. The molecule has 0 spiro atoms. The van der Waals surface area contributed by atoms with Gasteiger partial charge in [-0.15, -0.1) is 0 Å². The highest BCUT2D eigenvalue weighted by molar-refractivity contribution is 5.75. The van der Waals surface area contributed by atoms with E-state index in [1.165, 1.54) is 96.3 Å². The molecule has 0 amide bonds. The van der Waals surface area contributed by atoms with Crippen LogP contribution in [0, 0.1) is 0 Å². The topological polar surface area (TPSA) is 114 Å². The monoisotopic (exact) mass is 426 g/mol. The lowest BCUT2D eigenvalue weighted by Crippen LogP contribution is -2.37. The van der Waals surface area contributed by atoms with E-state index in [9.17, 15) is 9.90 Å². The fraction of sp³-hybridized carbons (Fsp3) is 0.917. The SMILES string of the molecule is CCCCCCCCCCCCCCCCCCN[C@@H](CCCN=C(N)N)C(=O)O. The summed E-state index contributed by atoms with van der Waals surface area (Å²) in [6.45, 7) is 3.51. The summed E-state index contributed by atoms with van der Waals surface area (Å²) in [6.07, 6.45) is 22.8. The molecule has 0 saturated heterocycles. The zero-order valence-electron chi connectivity index (χ0n) is 19.7. The van der Waals surface area contributed by atoms with E-state index in [0.717, 1.165) is 13.0 Å². The lowest BCUT2D eigenvalue weighted by Gasteiger charge is -2.13. The highest BCUT2D eigenvalue weighted by Gasteiger charge is 2.15. The van der Waals surface area contributed by atoms with E-state index < -0.39 is 12.0 Å². The first-order valence-electron chi connectivity index (χ1n) is 12.6. The summed E-state index contributed by atoms with van der Waals surface area (Å²) >= 11 is 0. The van der Waals surface area contributed by atoms with Crippen molar-refractivity contribution in [3.05, 3.63) is 0 Å². The van der Waals surface area contributed by atoms with Crippen LogP contribution in [0.3, 0.4) is 0 Å². The molecule has 0 fully saturated rings. The van der Waals surface area contributed by atoms with Crippen molar-refractivity contribution in [1.29, 1.82) is 0 Å². The largest absolute Gasteiger partial charge is 0.480 e. The summed E-state index contributed by atoms with van der Waals surface area (Å²) in [4.78, 5) is 15.2. The van der Waals surface area contributed by atoms with Crippen molar-refractivity contribution >= 4 is 11.9 Å². The van der Waals surface area contributed by atoms with Gasteiger partial charge in [-0.3, -0.25) is 9.79 Å². The maximum absolute atomic E-state index is 11.3. The van der Waals surface area contributed by atoms with Gasteiger partial charge in [-0.05, 0) is 25.8 Å². The van der Waals surface area contributed by atoms with Crippen LogP contribution in [0.4, 0.5) is 0 Å². The number of unbranched alkanes of at least 4 members (excludes halogenated alkanes) is 15. The molecule has 0 aromatic heterocycles. The number of rotatable bonds is 23. The molecule has 30 heavy (non-hydrogen) atoms. The van der Waals surface area contributed by atoms with Gasteiger partial charge in [-0.1, -0.05) is 103 Å². The Kier molecular flexibility index (Phi) is 21.4. The van der Waals surface area contributed by atoms with Crippen molar-refractivity contribution in [3.63, 3.8) is 0 Å². The average molecular weight is 427 g/mol. The number of aliphatic carboxylic acids is 1.